The summed E-state index contributed by atoms with van der Waals surface area (Å²) in [6.07, 6.45) is 2.15. The van der Waals surface area contributed by atoms with Crippen LogP contribution in [0.2, 0.25) is 0 Å². The summed E-state index contributed by atoms with van der Waals surface area (Å²) in [7, 11) is 2.17. The SMILES string of the molecule is CSCCN(C)c1ccc(Br)cc1CNCC(C)C. The molecule has 0 bridgehead atoms. The molecule has 0 atom stereocenters. The molecule has 0 radical (unpaired) electrons. The molecule has 4 heteroatoms. The quantitative estimate of drug-likeness (QED) is 0.767. The molecule has 1 aromatic rings. The smallest absolute Gasteiger partial charge is 0.0410 e. The third kappa shape index (κ3) is 6.19. The Morgan fingerprint density at radius 1 is 1.37 bits per heavy atom. The Balaban J connectivity index is 2.73. The molecule has 1 rings (SSSR count). The number of rotatable bonds is 8. The summed E-state index contributed by atoms with van der Waals surface area (Å²) in [5.74, 6) is 1.84. The van der Waals surface area contributed by atoms with E-state index in [1.165, 1.54) is 11.3 Å². The third-order valence-electron chi connectivity index (χ3n) is 2.95. The second-order valence-corrected chi connectivity index (χ2v) is 7.11. The monoisotopic (exact) mass is 344 g/mol. The molecule has 2 nitrogen and oxygen atoms in total. The van der Waals surface area contributed by atoms with Gasteiger partial charge in [-0.05, 0) is 42.5 Å². The van der Waals surface area contributed by atoms with E-state index >= 15 is 0 Å². The molecule has 0 unspecified atom stereocenters. The summed E-state index contributed by atoms with van der Waals surface area (Å²) in [5, 5.41) is 3.53. The minimum Gasteiger partial charge on any atom is -0.374 e. The molecule has 0 amide bonds. The molecule has 1 N–H and O–H groups in total. The van der Waals surface area contributed by atoms with Gasteiger partial charge in [-0.15, -0.1) is 0 Å². The van der Waals surface area contributed by atoms with E-state index < -0.39 is 0 Å². The van der Waals surface area contributed by atoms with Crippen molar-refractivity contribution < 1.29 is 0 Å². The highest BCUT2D eigenvalue weighted by Gasteiger charge is 2.08. The Kier molecular flexibility index (Phi) is 7.88. The maximum absolute atomic E-state index is 3.57. The number of nitrogens with one attached hydrogen (secondary N) is 1. The number of hydrogen-bond acceptors (Lipinski definition) is 3. The average molecular weight is 345 g/mol. The summed E-state index contributed by atoms with van der Waals surface area (Å²) in [5.41, 5.74) is 2.69. The molecule has 108 valence electrons. The number of hydrogen-bond donors (Lipinski definition) is 1. The lowest BCUT2D eigenvalue weighted by molar-refractivity contribution is 0.552. The van der Waals surface area contributed by atoms with E-state index in [1.54, 1.807) is 0 Å². The summed E-state index contributed by atoms with van der Waals surface area (Å²) in [6.45, 7) is 7.54. The first-order valence-electron chi connectivity index (χ1n) is 6.73. The molecular formula is C15H25BrN2S. The van der Waals surface area contributed by atoms with E-state index in [4.69, 9.17) is 0 Å². The maximum atomic E-state index is 3.57. The molecular weight excluding hydrogens is 320 g/mol. The van der Waals surface area contributed by atoms with Crippen molar-refractivity contribution in [2.45, 2.75) is 20.4 Å². The minimum absolute atomic E-state index is 0.685. The van der Waals surface area contributed by atoms with Crippen molar-refractivity contribution >= 4 is 33.4 Å². The van der Waals surface area contributed by atoms with Crippen LogP contribution in [-0.4, -0.2) is 32.1 Å². The lowest BCUT2D eigenvalue weighted by Gasteiger charge is -2.23. The molecule has 19 heavy (non-hydrogen) atoms. The Bertz CT molecular complexity index is 382. The second-order valence-electron chi connectivity index (χ2n) is 5.21. The van der Waals surface area contributed by atoms with Gasteiger partial charge in [0, 0.05) is 36.1 Å². The lowest BCUT2D eigenvalue weighted by atomic mass is 10.1. The van der Waals surface area contributed by atoms with E-state index in [2.05, 4.69) is 71.5 Å². The zero-order valence-electron chi connectivity index (χ0n) is 12.4. The fourth-order valence-electron chi connectivity index (χ4n) is 1.91. The van der Waals surface area contributed by atoms with Crippen LogP contribution in [0.15, 0.2) is 22.7 Å². The highest BCUT2D eigenvalue weighted by molar-refractivity contribution is 9.10. The van der Waals surface area contributed by atoms with Gasteiger partial charge in [0.05, 0.1) is 0 Å². The molecule has 0 saturated heterocycles. The van der Waals surface area contributed by atoms with E-state index in [-0.39, 0.29) is 0 Å². The third-order valence-corrected chi connectivity index (χ3v) is 4.04. The second kappa shape index (κ2) is 8.88. The lowest BCUT2D eigenvalue weighted by Crippen LogP contribution is -2.24. The number of benzene rings is 1. The van der Waals surface area contributed by atoms with Gasteiger partial charge in [0.25, 0.3) is 0 Å². The van der Waals surface area contributed by atoms with E-state index in [1.807, 2.05) is 11.8 Å². The van der Waals surface area contributed by atoms with Gasteiger partial charge in [-0.1, -0.05) is 29.8 Å². The predicted molar refractivity (Wildman–Crippen MR) is 92.3 cm³/mol. The first-order chi connectivity index (χ1) is 9.04. The van der Waals surface area contributed by atoms with E-state index in [0.29, 0.717) is 5.92 Å². The van der Waals surface area contributed by atoms with Crippen LogP contribution in [0.4, 0.5) is 5.69 Å². The molecule has 0 aliphatic heterocycles. The van der Waals surface area contributed by atoms with Crippen LogP contribution in [0.1, 0.15) is 19.4 Å². The number of halogens is 1. The summed E-state index contributed by atoms with van der Waals surface area (Å²) < 4.78 is 1.15. The fourth-order valence-corrected chi connectivity index (χ4v) is 2.78. The van der Waals surface area contributed by atoms with Crippen LogP contribution in [0.25, 0.3) is 0 Å². The van der Waals surface area contributed by atoms with Crippen LogP contribution in [0.3, 0.4) is 0 Å². The minimum atomic E-state index is 0.685. The summed E-state index contributed by atoms with van der Waals surface area (Å²) >= 11 is 5.46. The topological polar surface area (TPSA) is 15.3 Å². The highest BCUT2D eigenvalue weighted by Crippen LogP contribution is 2.24. The zero-order valence-corrected chi connectivity index (χ0v) is 14.8. The Hall–Kier alpha value is -0.190. The van der Waals surface area contributed by atoms with Crippen molar-refractivity contribution in [1.82, 2.24) is 5.32 Å². The molecule has 0 fully saturated rings. The van der Waals surface area contributed by atoms with Gasteiger partial charge in [-0.25, -0.2) is 0 Å². The summed E-state index contributed by atoms with van der Waals surface area (Å²) in [6, 6.07) is 6.55. The molecule has 0 spiro atoms. The largest absolute Gasteiger partial charge is 0.374 e. The Morgan fingerprint density at radius 3 is 2.74 bits per heavy atom. The van der Waals surface area contributed by atoms with Crippen molar-refractivity contribution in [3.8, 4) is 0 Å². The van der Waals surface area contributed by atoms with Crippen molar-refractivity contribution in [3.63, 3.8) is 0 Å². The molecule has 0 saturated carbocycles. The first-order valence-corrected chi connectivity index (χ1v) is 8.92. The van der Waals surface area contributed by atoms with Gasteiger partial charge in [0.15, 0.2) is 0 Å². The van der Waals surface area contributed by atoms with Gasteiger partial charge < -0.3 is 10.2 Å². The van der Waals surface area contributed by atoms with Gasteiger partial charge in [-0.3, -0.25) is 0 Å². The van der Waals surface area contributed by atoms with Gasteiger partial charge >= 0.3 is 0 Å². The van der Waals surface area contributed by atoms with Crippen LogP contribution in [0.5, 0.6) is 0 Å². The zero-order chi connectivity index (χ0) is 14.3. The van der Waals surface area contributed by atoms with Crippen LogP contribution >= 0.6 is 27.7 Å². The highest BCUT2D eigenvalue weighted by atomic mass is 79.9. The normalized spacial score (nSPS) is 11.1. The molecule has 1 aromatic carbocycles. The molecule has 0 aromatic heterocycles. The maximum Gasteiger partial charge on any atom is 0.0410 e. The summed E-state index contributed by atoms with van der Waals surface area (Å²) in [4.78, 5) is 2.34. The Labute approximate surface area is 130 Å². The van der Waals surface area contributed by atoms with Crippen LogP contribution < -0.4 is 10.2 Å². The fraction of sp³-hybridized carbons (Fsp3) is 0.600. The van der Waals surface area contributed by atoms with Gasteiger partial charge in [0.1, 0.15) is 0 Å². The van der Waals surface area contributed by atoms with Crippen LogP contribution in [0, 0.1) is 5.92 Å². The average Bonchev–Trinajstić information content (AvgIpc) is 2.35. The van der Waals surface area contributed by atoms with Gasteiger partial charge in [0.2, 0.25) is 0 Å². The molecule has 0 aliphatic carbocycles. The number of thioether (sulfide) groups is 1. The Morgan fingerprint density at radius 2 is 2.11 bits per heavy atom. The van der Waals surface area contributed by atoms with Crippen molar-refractivity contribution in [2.75, 3.05) is 37.0 Å². The number of nitrogens with zero attached hydrogens (tertiary/aromatic N) is 1. The van der Waals surface area contributed by atoms with Crippen molar-refractivity contribution in [1.29, 1.82) is 0 Å². The molecule has 0 aliphatic rings. The van der Waals surface area contributed by atoms with E-state index in [0.717, 1.165) is 29.9 Å². The first kappa shape index (κ1) is 16.9. The van der Waals surface area contributed by atoms with E-state index in [9.17, 15) is 0 Å². The number of anilines is 1. The standard InChI is InChI=1S/C15H25BrN2S/c1-12(2)10-17-11-13-9-14(16)5-6-15(13)18(3)7-8-19-4/h5-6,9,12,17H,7-8,10-11H2,1-4H3. The van der Waals surface area contributed by atoms with Crippen molar-refractivity contribution in [2.24, 2.45) is 5.92 Å². The predicted octanol–water partition coefficient (Wildman–Crippen LogP) is 3.99. The van der Waals surface area contributed by atoms with Gasteiger partial charge in [-0.2, -0.15) is 11.8 Å². The van der Waals surface area contributed by atoms with Crippen LogP contribution in [-0.2, 0) is 6.54 Å². The van der Waals surface area contributed by atoms with Crippen molar-refractivity contribution in [3.05, 3.63) is 28.2 Å². The molecule has 0 heterocycles.